The normalized spacial score (nSPS) is 18.5. The Bertz CT molecular complexity index is 915. The van der Waals surface area contributed by atoms with Gasteiger partial charge in [0.15, 0.2) is 5.72 Å². The Hall–Kier alpha value is -3.12. The second kappa shape index (κ2) is 7.48. The van der Waals surface area contributed by atoms with E-state index in [2.05, 4.69) is 22.3 Å². The van der Waals surface area contributed by atoms with Crippen LogP contribution in [-0.2, 0) is 11.3 Å². The highest BCUT2D eigenvalue weighted by molar-refractivity contribution is 5.99. The van der Waals surface area contributed by atoms with Crippen molar-refractivity contribution >= 4 is 18.0 Å². The topological polar surface area (TPSA) is 78.9 Å². The molecule has 4 rings (SSSR count). The number of carboxylic acids is 1. The summed E-state index contributed by atoms with van der Waals surface area (Å²) in [6.07, 6.45) is 3.94. The van der Waals surface area contributed by atoms with E-state index in [1.54, 1.807) is 18.2 Å². The van der Waals surface area contributed by atoms with Crippen LogP contribution in [0.5, 0.6) is 5.75 Å². The molecule has 6 nitrogen and oxygen atoms in total. The molecule has 2 aliphatic rings. The number of ether oxygens (including phenoxy) is 1. The average Bonchev–Trinajstić information content (AvgIpc) is 2.69. The van der Waals surface area contributed by atoms with Crippen molar-refractivity contribution in [1.29, 1.82) is 0 Å². The third-order valence-electron chi connectivity index (χ3n) is 5.23. The molecule has 0 unspecified atom stereocenters. The number of hydrogen-bond acceptors (Lipinski definition) is 4. The maximum absolute atomic E-state index is 12.7. The summed E-state index contributed by atoms with van der Waals surface area (Å²) in [5, 5.41) is 11.8. The first-order chi connectivity index (χ1) is 13.5. The van der Waals surface area contributed by atoms with Gasteiger partial charge in [-0.2, -0.15) is 0 Å². The second-order valence-corrected chi connectivity index (χ2v) is 7.24. The van der Waals surface area contributed by atoms with E-state index in [-0.39, 0.29) is 5.91 Å². The molecule has 1 fully saturated rings. The van der Waals surface area contributed by atoms with Gasteiger partial charge in [0, 0.05) is 38.6 Å². The molecule has 2 aromatic carbocycles. The SMILES string of the molecule is O=C(O)/C=C/c1ccc2c(c1)C(=O)NC1(CCN(Cc3ccccc3)CC1)O2. The van der Waals surface area contributed by atoms with E-state index in [9.17, 15) is 9.59 Å². The molecule has 0 radical (unpaired) electrons. The second-order valence-electron chi connectivity index (χ2n) is 7.24. The van der Waals surface area contributed by atoms with Crippen molar-refractivity contribution in [2.24, 2.45) is 0 Å². The number of carboxylic acid groups (broad SMARTS) is 1. The maximum Gasteiger partial charge on any atom is 0.328 e. The molecule has 0 saturated carbocycles. The first kappa shape index (κ1) is 18.3. The highest BCUT2D eigenvalue weighted by Crippen LogP contribution is 2.34. The van der Waals surface area contributed by atoms with Gasteiger partial charge in [-0.25, -0.2) is 4.79 Å². The van der Waals surface area contributed by atoms with Crippen molar-refractivity contribution in [2.45, 2.75) is 25.1 Å². The van der Waals surface area contributed by atoms with Gasteiger partial charge in [0.1, 0.15) is 5.75 Å². The molecule has 0 atom stereocenters. The molecule has 0 bridgehead atoms. The van der Waals surface area contributed by atoms with Crippen LogP contribution in [0.2, 0.25) is 0 Å². The monoisotopic (exact) mass is 378 g/mol. The van der Waals surface area contributed by atoms with Crippen LogP contribution >= 0.6 is 0 Å². The third kappa shape index (κ3) is 3.92. The molecule has 2 N–H and O–H groups in total. The van der Waals surface area contributed by atoms with Gasteiger partial charge in [-0.3, -0.25) is 9.69 Å². The van der Waals surface area contributed by atoms with Gasteiger partial charge in [0.2, 0.25) is 0 Å². The molecule has 2 aliphatic heterocycles. The van der Waals surface area contributed by atoms with Gasteiger partial charge in [-0.05, 0) is 29.3 Å². The van der Waals surface area contributed by atoms with Crippen molar-refractivity contribution in [3.8, 4) is 5.75 Å². The van der Waals surface area contributed by atoms with Gasteiger partial charge >= 0.3 is 5.97 Å². The van der Waals surface area contributed by atoms with E-state index in [0.717, 1.165) is 25.7 Å². The summed E-state index contributed by atoms with van der Waals surface area (Å²) in [5.41, 5.74) is 1.69. The maximum atomic E-state index is 12.7. The lowest BCUT2D eigenvalue weighted by atomic mass is 9.96. The van der Waals surface area contributed by atoms with Crippen molar-refractivity contribution in [1.82, 2.24) is 10.2 Å². The van der Waals surface area contributed by atoms with E-state index >= 15 is 0 Å². The van der Waals surface area contributed by atoms with Crippen LogP contribution in [0.4, 0.5) is 0 Å². The minimum absolute atomic E-state index is 0.177. The molecule has 2 heterocycles. The zero-order chi connectivity index (χ0) is 19.6. The number of carbonyl (C=O) groups excluding carboxylic acids is 1. The molecule has 2 aromatic rings. The van der Waals surface area contributed by atoms with E-state index in [4.69, 9.17) is 9.84 Å². The molecule has 1 saturated heterocycles. The lowest BCUT2D eigenvalue weighted by Gasteiger charge is -2.44. The molecule has 6 heteroatoms. The largest absolute Gasteiger partial charge is 0.478 e. The summed E-state index contributed by atoms with van der Waals surface area (Å²) in [5.74, 6) is -0.657. The number of nitrogens with one attached hydrogen (secondary N) is 1. The summed E-state index contributed by atoms with van der Waals surface area (Å²) < 4.78 is 6.21. The van der Waals surface area contributed by atoms with Crippen LogP contribution in [0.25, 0.3) is 6.08 Å². The quantitative estimate of drug-likeness (QED) is 0.800. The Kier molecular flexibility index (Phi) is 4.88. The van der Waals surface area contributed by atoms with Crippen LogP contribution in [0, 0.1) is 0 Å². The number of carbonyl (C=O) groups is 2. The predicted molar refractivity (Wildman–Crippen MR) is 105 cm³/mol. The van der Waals surface area contributed by atoms with Crippen molar-refractivity contribution in [2.75, 3.05) is 13.1 Å². The van der Waals surface area contributed by atoms with Crippen LogP contribution in [0.15, 0.2) is 54.6 Å². The zero-order valence-electron chi connectivity index (χ0n) is 15.4. The number of likely N-dealkylation sites (tertiary alicyclic amines) is 1. The number of benzene rings is 2. The number of nitrogens with zero attached hydrogens (tertiary/aromatic N) is 1. The van der Waals surface area contributed by atoms with Gasteiger partial charge in [-0.15, -0.1) is 0 Å². The third-order valence-corrected chi connectivity index (χ3v) is 5.23. The number of hydrogen-bond donors (Lipinski definition) is 2. The Morgan fingerprint density at radius 3 is 2.64 bits per heavy atom. The van der Waals surface area contributed by atoms with Crippen molar-refractivity contribution in [3.63, 3.8) is 0 Å². The number of amides is 1. The molecule has 144 valence electrons. The number of aliphatic carboxylic acids is 1. The van der Waals surface area contributed by atoms with Crippen LogP contribution in [-0.4, -0.2) is 40.7 Å². The molecule has 0 aliphatic carbocycles. The van der Waals surface area contributed by atoms with E-state index in [0.29, 0.717) is 29.7 Å². The number of rotatable bonds is 4. The summed E-state index contributed by atoms with van der Waals surface area (Å²) >= 11 is 0. The van der Waals surface area contributed by atoms with Gasteiger partial charge in [-0.1, -0.05) is 36.4 Å². The smallest absolute Gasteiger partial charge is 0.328 e. The molecular formula is C22H22N2O4. The predicted octanol–water partition coefficient (Wildman–Crippen LogP) is 2.90. The van der Waals surface area contributed by atoms with E-state index in [1.807, 2.05) is 18.2 Å². The highest BCUT2D eigenvalue weighted by atomic mass is 16.5. The zero-order valence-corrected chi connectivity index (χ0v) is 15.4. The molecule has 0 aromatic heterocycles. The molecule has 1 amide bonds. The molecular weight excluding hydrogens is 356 g/mol. The summed E-state index contributed by atoms with van der Waals surface area (Å²) in [6.45, 7) is 2.56. The summed E-state index contributed by atoms with van der Waals surface area (Å²) in [4.78, 5) is 25.7. The van der Waals surface area contributed by atoms with E-state index < -0.39 is 11.7 Å². The Labute approximate surface area is 163 Å². The summed E-state index contributed by atoms with van der Waals surface area (Å²) in [7, 11) is 0. The lowest BCUT2D eigenvalue weighted by molar-refractivity contribution is -0.131. The highest BCUT2D eigenvalue weighted by Gasteiger charge is 2.42. The fourth-order valence-electron chi connectivity index (χ4n) is 3.74. The van der Waals surface area contributed by atoms with Gasteiger partial charge < -0.3 is 15.2 Å². The lowest BCUT2D eigenvalue weighted by Crippen LogP contribution is -2.60. The fraction of sp³-hybridized carbons (Fsp3) is 0.273. The fourth-order valence-corrected chi connectivity index (χ4v) is 3.74. The molecule has 28 heavy (non-hydrogen) atoms. The number of piperidine rings is 1. The molecule has 1 spiro atoms. The Morgan fingerprint density at radius 1 is 1.18 bits per heavy atom. The average molecular weight is 378 g/mol. The number of fused-ring (bicyclic) bond motifs is 1. The van der Waals surface area contributed by atoms with Gasteiger partial charge in [0.25, 0.3) is 5.91 Å². The van der Waals surface area contributed by atoms with Crippen molar-refractivity contribution < 1.29 is 19.4 Å². The minimum Gasteiger partial charge on any atom is -0.478 e. The first-order valence-corrected chi connectivity index (χ1v) is 9.36. The van der Waals surface area contributed by atoms with Crippen LogP contribution < -0.4 is 10.1 Å². The van der Waals surface area contributed by atoms with Crippen LogP contribution in [0.3, 0.4) is 0 Å². The minimum atomic E-state index is -1.03. The van der Waals surface area contributed by atoms with Crippen LogP contribution in [0.1, 0.15) is 34.3 Å². The Morgan fingerprint density at radius 2 is 1.93 bits per heavy atom. The van der Waals surface area contributed by atoms with Gasteiger partial charge in [0.05, 0.1) is 5.56 Å². The van der Waals surface area contributed by atoms with Crippen molar-refractivity contribution in [3.05, 3.63) is 71.3 Å². The summed E-state index contributed by atoms with van der Waals surface area (Å²) in [6, 6.07) is 15.5. The standard InChI is InChI=1S/C22H22N2O4/c25-20(26)9-7-16-6-8-19-18(14-16)21(27)23-22(28-19)10-12-24(13-11-22)15-17-4-2-1-3-5-17/h1-9,14H,10-13,15H2,(H,23,27)(H,25,26)/b9-7+. The first-order valence-electron chi connectivity index (χ1n) is 9.36. The van der Waals surface area contributed by atoms with E-state index in [1.165, 1.54) is 11.6 Å². The Balaban J connectivity index is 1.44.